The molecule has 0 amide bonds. The fraction of sp³-hybridized carbons (Fsp3) is 0.600. The Labute approximate surface area is 122 Å². The summed E-state index contributed by atoms with van der Waals surface area (Å²) in [6.07, 6.45) is 7.24. The van der Waals surface area contributed by atoms with Crippen molar-refractivity contribution in [3.63, 3.8) is 0 Å². The van der Waals surface area contributed by atoms with E-state index in [4.69, 9.17) is 0 Å². The molecule has 2 rings (SSSR count). The molecule has 1 aliphatic carbocycles. The second-order valence-electron chi connectivity index (χ2n) is 5.87. The maximum absolute atomic E-state index is 11.4. The molecule has 0 bridgehead atoms. The van der Waals surface area contributed by atoms with Crippen molar-refractivity contribution in [2.45, 2.75) is 45.1 Å². The summed E-state index contributed by atoms with van der Waals surface area (Å²) in [5, 5.41) is 3.51. The third kappa shape index (κ3) is 4.71. The van der Waals surface area contributed by atoms with Gasteiger partial charge >= 0.3 is 0 Å². The summed E-state index contributed by atoms with van der Waals surface area (Å²) >= 11 is 0. The molecule has 1 fully saturated rings. The summed E-state index contributed by atoms with van der Waals surface area (Å²) in [6, 6.07) is 7.93. The van der Waals surface area contributed by atoms with Crippen LogP contribution >= 0.6 is 0 Å². The Bertz CT molecular complexity index is 543. The lowest BCUT2D eigenvalue weighted by Gasteiger charge is -2.20. The van der Waals surface area contributed by atoms with Crippen LogP contribution in [0.1, 0.15) is 39.0 Å². The van der Waals surface area contributed by atoms with Crippen molar-refractivity contribution in [3.05, 3.63) is 24.3 Å². The van der Waals surface area contributed by atoms with Gasteiger partial charge < -0.3 is 5.32 Å². The molecule has 20 heavy (non-hydrogen) atoms. The summed E-state index contributed by atoms with van der Waals surface area (Å²) in [4.78, 5) is 0. The van der Waals surface area contributed by atoms with Crippen molar-refractivity contribution in [1.82, 2.24) is 0 Å². The van der Waals surface area contributed by atoms with Gasteiger partial charge in [0, 0.05) is 6.04 Å². The smallest absolute Gasteiger partial charge is 0.229 e. The summed E-state index contributed by atoms with van der Waals surface area (Å²) < 4.78 is 25.4. The highest BCUT2D eigenvalue weighted by molar-refractivity contribution is 7.92. The minimum atomic E-state index is -3.25. The number of para-hydroxylation sites is 2. The third-order valence-electron chi connectivity index (χ3n) is 3.84. The van der Waals surface area contributed by atoms with Crippen molar-refractivity contribution in [1.29, 1.82) is 0 Å². The van der Waals surface area contributed by atoms with Crippen LogP contribution in [-0.4, -0.2) is 20.7 Å². The molecule has 0 aliphatic heterocycles. The molecular formula is C15H24N2O2S. The van der Waals surface area contributed by atoms with Crippen LogP contribution in [0.25, 0.3) is 0 Å². The molecule has 0 saturated heterocycles. The number of hydrogen-bond acceptors (Lipinski definition) is 3. The van der Waals surface area contributed by atoms with Crippen molar-refractivity contribution in [2.24, 2.45) is 5.92 Å². The quantitative estimate of drug-likeness (QED) is 0.837. The van der Waals surface area contributed by atoms with Gasteiger partial charge in [-0.2, -0.15) is 0 Å². The Hall–Kier alpha value is -1.23. The molecule has 0 aromatic heterocycles. The lowest BCUT2D eigenvalue weighted by molar-refractivity contribution is 0.502. The van der Waals surface area contributed by atoms with E-state index < -0.39 is 10.0 Å². The van der Waals surface area contributed by atoms with Crippen LogP contribution in [0.4, 0.5) is 11.4 Å². The SMILES string of the molecule is CC1CCCC(Nc2ccccc2NS(C)(=O)=O)CC1. The van der Waals surface area contributed by atoms with Crippen molar-refractivity contribution in [2.75, 3.05) is 16.3 Å². The molecule has 1 aromatic carbocycles. The Morgan fingerprint density at radius 3 is 2.45 bits per heavy atom. The van der Waals surface area contributed by atoms with Gasteiger partial charge in [-0.15, -0.1) is 0 Å². The van der Waals surface area contributed by atoms with Gasteiger partial charge in [0.2, 0.25) is 10.0 Å². The molecule has 1 saturated carbocycles. The molecule has 1 aliphatic rings. The van der Waals surface area contributed by atoms with E-state index in [9.17, 15) is 8.42 Å². The summed E-state index contributed by atoms with van der Waals surface area (Å²) in [7, 11) is -3.25. The van der Waals surface area contributed by atoms with Crippen LogP contribution in [0.2, 0.25) is 0 Å². The van der Waals surface area contributed by atoms with Gasteiger partial charge in [-0.05, 0) is 37.3 Å². The monoisotopic (exact) mass is 296 g/mol. The first-order chi connectivity index (χ1) is 9.44. The zero-order valence-electron chi connectivity index (χ0n) is 12.2. The largest absolute Gasteiger partial charge is 0.381 e. The summed E-state index contributed by atoms with van der Waals surface area (Å²) in [6.45, 7) is 2.31. The van der Waals surface area contributed by atoms with Crippen LogP contribution in [0.5, 0.6) is 0 Å². The molecule has 0 radical (unpaired) electrons. The molecule has 1 aromatic rings. The van der Waals surface area contributed by atoms with Crippen molar-refractivity contribution >= 4 is 21.4 Å². The van der Waals surface area contributed by atoms with Gasteiger partial charge in [-0.1, -0.05) is 31.9 Å². The number of benzene rings is 1. The van der Waals surface area contributed by atoms with E-state index in [1.165, 1.54) is 25.5 Å². The van der Waals surface area contributed by atoms with E-state index in [-0.39, 0.29) is 0 Å². The van der Waals surface area contributed by atoms with E-state index >= 15 is 0 Å². The highest BCUT2D eigenvalue weighted by atomic mass is 32.2. The normalized spacial score (nSPS) is 23.9. The van der Waals surface area contributed by atoms with Crippen LogP contribution in [0.3, 0.4) is 0 Å². The molecule has 0 heterocycles. The number of nitrogens with one attached hydrogen (secondary N) is 2. The minimum absolute atomic E-state index is 0.433. The second kappa shape index (κ2) is 6.48. The first kappa shape index (κ1) is 15.2. The van der Waals surface area contributed by atoms with Gasteiger partial charge in [-0.25, -0.2) is 8.42 Å². The Morgan fingerprint density at radius 1 is 1.05 bits per heavy atom. The predicted octanol–water partition coefficient (Wildman–Crippen LogP) is 3.44. The molecule has 4 nitrogen and oxygen atoms in total. The minimum Gasteiger partial charge on any atom is -0.381 e. The number of hydrogen-bond donors (Lipinski definition) is 2. The molecule has 2 unspecified atom stereocenters. The van der Waals surface area contributed by atoms with Crippen molar-refractivity contribution in [3.8, 4) is 0 Å². The maximum Gasteiger partial charge on any atom is 0.229 e. The molecule has 2 atom stereocenters. The van der Waals surface area contributed by atoms with Gasteiger partial charge in [0.1, 0.15) is 0 Å². The molecule has 0 spiro atoms. The maximum atomic E-state index is 11.4. The van der Waals surface area contributed by atoms with Gasteiger partial charge in [0.25, 0.3) is 0 Å². The number of rotatable bonds is 4. The van der Waals surface area contributed by atoms with E-state index in [1.807, 2.05) is 18.2 Å². The second-order valence-corrected chi connectivity index (χ2v) is 7.62. The van der Waals surface area contributed by atoms with E-state index in [0.717, 1.165) is 24.4 Å². The van der Waals surface area contributed by atoms with Gasteiger partial charge in [0.15, 0.2) is 0 Å². The number of anilines is 2. The molecule has 5 heteroatoms. The predicted molar refractivity (Wildman–Crippen MR) is 84.6 cm³/mol. The Morgan fingerprint density at radius 2 is 1.75 bits per heavy atom. The number of sulfonamides is 1. The van der Waals surface area contributed by atoms with Crippen LogP contribution in [0.15, 0.2) is 24.3 Å². The highest BCUT2D eigenvalue weighted by Gasteiger charge is 2.17. The average molecular weight is 296 g/mol. The summed E-state index contributed by atoms with van der Waals surface area (Å²) in [5.74, 6) is 0.797. The average Bonchev–Trinajstić information content (AvgIpc) is 2.55. The fourth-order valence-corrected chi connectivity index (χ4v) is 3.33. The lowest BCUT2D eigenvalue weighted by atomic mass is 10.0. The van der Waals surface area contributed by atoms with Crippen LogP contribution in [0, 0.1) is 5.92 Å². The van der Waals surface area contributed by atoms with Crippen LogP contribution in [-0.2, 0) is 10.0 Å². The topological polar surface area (TPSA) is 58.2 Å². The fourth-order valence-electron chi connectivity index (χ4n) is 2.75. The Kier molecular flexibility index (Phi) is 4.91. The first-order valence-corrected chi connectivity index (χ1v) is 9.16. The first-order valence-electron chi connectivity index (χ1n) is 7.27. The third-order valence-corrected chi connectivity index (χ3v) is 4.43. The van der Waals surface area contributed by atoms with E-state index in [1.54, 1.807) is 6.07 Å². The molecular weight excluding hydrogens is 272 g/mol. The van der Waals surface area contributed by atoms with Gasteiger partial charge in [0.05, 0.1) is 17.6 Å². The van der Waals surface area contributed by atoms with Gasteiger partial charge in [-0.3, -0.25) is 4.72 Å². The summed E-state index contributed by atoms with van der Waals surface area (Å²) in [5.41, 5.74) is 1.50. The Balaban J connectivity index is 2.08. The lowest BCUT2D eigenvalue weighted by Crippen LogP contribution is -2.20. The molecule has 2 N–H and O–H groups in total. The van der Waals surface area contributed by atoms with E-state index in [0.29, 0.717) is 11.7 Å². The standard InChI is InChI=1S/C15H24N2O2S/c1-12-6-5-7-13(11-10-12)16-14-8-3-4-9-15(14)17-20(2,18)19/h3-4,8-9,12-13,16-17H,5-7,10-11H2,1-2H3. The van der Waals surface area contributed by atoms with Crippen LogP contribution < -0.4 is 10.0 Å². The van der Waals surface area contributed by atoms with Crippen molar-refractivity contribution < 1.29 is 8.42 Å². The van der Waals surface area contributed by atoms with E-state index in [2.05, 4.69) is 17.0 Å². The zero-order chi connectivity index (χ0) is 14.6. The zero-order valence-corrected chi connectivity index (χ0v) is 13.0. The highest BCUT2D eigenvalue weighted by Crippen LogP contribution is 2.28. The molecule has 112 valence electrons.